The van der Waals surface area contributed by atoms with Gasteiger partial charge in [-0.05, 0) is 29.6 Å². The molecule has 0 saturated carbocycles. The minimum absolute atomic E-state index is 0.0249. The van der Waals surface area contributed by atoms with Gasteiger partial charge in [-0.15, -0.1) is 11.3 Å². The van der Waals surface area contributed by atoms with Crippen LogP contribution in [0.15, 0.2) is 35.7 Å². The summed E-state index contributed by atoms with van der Waals surface area (Å²) in [6.07, 6.45) is 0. The van der Waals surface area contributed by atoms with E-state index in [0.717, 1.165) is 10.9 Å². The quantitative estimate of drug-likeness (QED) is 0.835. The number of nitrogen functional groups attached to an aromatic ring is 1. The van der Waals surface area contributed by atoms with Gasteiger partial charge in [0.25, 0.3) is 5.91 Å². The van der Waals surface area contributed by atoms with Crippen LogP contribution < -0.4 is 5.73 Å². The van der Waals surface area contributed by atoms with Crippen molar-refractivity contribution < 1.29 is 13.9 Å². The molecule has 1 heterocycles. The summed E-state index contributed by atoms with van der Waals surface area (Å²) in [7, 11) is 1.57. The SMILES string of the molecule is COCCN(Cc1cccs1)C(=O)c1ccc(N)cc1F. The molecule has 21 heavy (non-hydrogen) atoms. The van der Waals surface area contributed by atoms with E-state index in [0.29, 0.717) is 25.4 Å². The number of hydrogen-bond donors (Lipinski definition) is 1. The Hall–Kier alpha value is -1.92. The van der Waals surface area contributed by atoms with E-state index in [9.17, 15) is 9.18 Å². The van der Waals surface area contributed by atoms with Gasteiger partial charge in [0.1, 0.15) is 5.82 Å². The Balaban J connectivity index is 2.20. The fourth-order valence-corrected chi connectivity index (χ4v) is 2.64. The van der Waals surface area contributed by atoms with Crippen molar-refractivity contribution in [3.8, 4) is 0 Å². The van der Waals surface area contributed by atoms with Gasteiger partial charge in [-0.25, -0.2) is 4.39 Å². The van der Waals surface area contributed by atoms with Crippen molar-refractivity contribution in [1.82, 2.24) is 4.90 Å². The van der Waals surface area contributed by atoms with E-state index in [2.05, 4.69) is 0 Å². The first-order valence-corrected chi connectivity index (χ1v) is 7.35. The maximum Gasteiger partial charge on any atom is 0.257 e. The van der Waals surface area contributed by atoms with Crippen molar-refractivity contribution in [2.45, 2.75) is 6.54 Å². The highest BCUT2D eigenvalue weighted by Gasteiger charge is 2.19. The predicted molar refractivity (Wildman–Crippen MR) is 81.7 cm³/mol. The van der Waals surface area contributed by atoms with Gasteiger partial charge in [-0.1, -0.05) is 6.07 Å². The second-order valence-corrected chi connectivity index (χ2v) is 5.57. The minimum Gasteiger partial charge on any atom is -0.399 e. The third-order valence-electron chi connectivity index (χ3n) is 3.00. The van der Waals surface area contributed by atoms with Crippen LogP contribution in [0.5, 0.6) is 0 Å². The molecule has 4 nitrogen and oxygen atoms in total. The number of ether oxygens (including phenoxy) is 1. The van der Waals surface area contributed by atoms with Crippen molar-refractivity contribution >= 4 is 22.9 Å². The topological polar surface area (TPSA) is 55.6 Å². The zero-order valence-corrected chi connectivity index (χ0v) is 12.5. The van der Waals surface area contributed by atoms with Gasteiger partial charge < -0.3 is 15.4 Å². The summed E-state index contributed by atoms with van der Waals surface area (Å²) in [6, 6.07) is 7.96. The lowest BCUT2D eigenvalue weighted by Gasteiger charge is -2.22. The van der Waals surface area contributed by atoms with Crippen molar-refractivity contribution in [2.75, 3.05) is 26.0 Å². The van der Waals surface area contributed by atoms with Gasteiger partial charge in [0.15, 0.2) is 0 Å². The maximum atomic E-state index is 13.9. The highest BCUT2D eigenvalue weighted by atomic mass is 32.1. The van der Waals surface area contributed by atoms with Crippen LogP contribution in [0.2, 0.25) is 0 Å². The summed E-state index contributed by atoms with van der Waals surface area (Å²) in [5.41, 5.74) is 5.83. The number of rotatable bonds is 6. The molecule has 0 fully saturated rings. The average molecular weight is 308 g/mol. The Morgan fingerprint density at radius 3 is 2.86 bits per heavy atom. The smallest absolute Gasteiger partial charge is 0.257 e. The minimum atomic E-state index is -0.603. The zero-order valence-electron chi connectivity index (χ0n) is 11.7. The monoisotopic (exact) mass is 308 g/mol. The molecule has 0 bridgehead atoms. The average Bonchev–Trinajstić information content (AvgIpc) is 2.95. The summed E-state index contributed by atoms with van der Waals surface area (Å²) < 4.78 is 18.9. The number of hydrogen-bond acceptors (Lipinski definition) is 4. The highest BCUT2D eigenvalue weighted by molar-refractivity contribution is 7.09. The maximum absolute atomic E-state index is 13.9. The Morgan fingerprint density at radius 1 is 1.43 bits per heavy atom. The van der Waals surface area contributed by atoms with E-state index in [1.54, 1.807) is 23.3 Å². The Kier molecular flexibility index (Phi) is 5.30. The van der Waals surface area contributed by atoms with E-state index in [4.69, 9.17) is 10.5 Å². The number of thiophene rings is 1. The fraction of sp³-hybridized carbons (Fsp3) is 0.267. The van der Waals surface area contributed by atoms with Crippen LogP contribution in [0.3, 0.4) is 0 Å². The van der Waals surface area contributed by atoms with Crippen molar-refractivity contribution in [2.24, 2.45) is 0 Å². The number of nitrogens with zero attached hydrogens (tertiary/aromatic N) is 1. The zero-order chi connectivity index (χ0) is 15.2. The number of anilines is 1. The summed E-state index contributed by atoms with van der Waals surface area (Å²) in [4.78, 5) is 15.1. The summed E-state index contributed by atoms with van der Waals surface area (Å²) in [5.74, 6) is -0.966. The molecule has 0 spiro atoms. The number of nitrogens with two attached hydrogens (primary N) is 1. The second kappa shape index (κ2) is 7.19. The molecule has 2 aromatic rings. The number of carbonyl (C=O) groups excluding carboxylic acids is 1. The molecule has 2 N–H and O–H groups in total. The third kappa shape index (κ3) is 4.03. The highest BCUT2D eigenvalue weighted by Crippen LogP contribution is 2.17. The van der Waals surface area contributed by atoms with E-state index >= 15 is 0 Å². The van der Waals surface area contributed by atoms with Crippen LogP contribution in [-0.2, 0) is 11.3 Å². The van der Waals surface area contributed by atoms with Crippen molar-refractivity contribution in [3.63, 3.8) is 0 Å². The predicted octanol–water partition coefficient (Wildman–Crippen LogP) is 2.76. The van der Waals surface area contributed by atoms with Crippen LogP contribution >= 0.6 is 11.3 Å². The second-order valence-electron chi connectivity index (χ2n) is 4.54. The lowest BCUT2D eigenvalue weighted by molar-refractivity contribution is 0.0678. The van der Waals surface area contributed by atoms with Gasteiger partial charge in [-0.2, -0.15) is 0 Å². The van der Waals surface area contributed by atoms with Crippen molar-refractivity contribution in [1.29, 1.82) is 0 Å². The number of benzene rings is 1. The first-order chi connectivity index (χ1) is 10.1. The van der Waals surface area contributed by atoms with Crippen LogP contribution in [0.25, 0.3) is 0 Å². The standard InChI is InChI=1S/C15H17FN2O2S/c1-20-7-6-18(10-12-3-2-8-21-12)15(19)13-5-4-11(17)9-14(13)16/h2-5,8-9H,6-7,10,17H2,1H3. The van der Waals surface area contributed by atoms with E-state index in [-0.39, 0.29) is 11.5 Å². The van der Waals surface area contributed by atoms with Gasteiger partial charge in [-0.3, -0.25) is 4.79 Å². The lowest BCUT2D eigenvalue weighted by Crippen LogP contribution is -2.33. The van der Waals surface area contributed by atoms with Crippen LogP contribution in [0.1, 0.15) is 15.2 Å². The van der Waals surface area contributed by atoms with Gasteiger partial charge in [0, 0.05) is 24.2 Å². The molecule has 2 rings (SSSR count). The molecule has 0 unspecified atom stereocenters. The summed E-state index contributed by atoms with van der Waals surface area (Å²) in [5, 5.41) is 1.94. The molecule has 1 aromatic carbocycles. The molecule has 1 aromatic heterocycles. The normalized spacial score (nSPS) is 10.6. The largest absolute Gasteiger partial charge is 0.399 e. The Bertz CT molecular complexity index is 602. The molecular formula is C15H17FN2O2S. The van der Waals surface area contributed by atoms with Gasteiger partial charge in [0.05, 0.1) is 18.7 Å². The molecule has 0 atom stereocenters. The number of carbonyl (C=O) groups is 1. The molecule has 0 radical (unpaired) electrons. The lowest BCUT2D eigenvalue weighted by atomic mass is 10.1. The molecule has 0 saturated heterocycles. The first-order valence-electron chi connectivity index (χ1n) is 6.47. The molecule has 0 aliphatic carbocycles. The van der Waals surface area contributed by atoms with Crippen LogP contribution in [0.4, 0.5) is 10.1 Å². The van der Waals surface area contributed by atoms with Gasteiger partial charge in [0.2, 0.25) is 0 Å². The van der Waals surface area contributed by atoms with E-state index < -0.39 is 5.82 Å². The Labute approximate surface area is 126 Å². The molecule has 6 heteroatoms. The number of methoxy groups -OCH3 is 1. The van der Waals surface area contributed by atoms with E-state index in [1.807, 2.05) is 17.5 Å². The molecule has 1 amide bonds. The fourth-order valence-electron chi connectivity index (χ4n) is 1.92. The molecular weight excluding hydrogens is 291 g/mol. The van der Waals surface area contributed by atoms with Crippen LogP contribution in [-0.4, -0.2) is 31.1 Å². The molecule has 0 aliphatic heterocycles. The number of amides is 1. The Morgan fingerprint density at radius 2 is 2.24 bits per heavy atom. The van der Waals surface area contributed by atoms with E-state index in [1.165, 1.54) is 12.1 Å². The van der Waals surface area contributed by atoms with Crippen molar-refractivity contribution in [3.05, 3.63) is 52.0 Å². The molecule has 0 aliphatic rings. The first kappa shape index (κ1) is 15.5. The summed E-state index contributed by atoms with van der Waals surface area (Å²) in [6.45, 7) is 1.23. The number of halogens is 1. The third-order valence-corrected chi connectivity index (χ3v) is 3.86. The van der Waals surface area contributed by atoms with Gasteiger partial charge >= 0.3 is 0 Å². The molecule has 112 valence electrons. The summed E-state index contributed by atoms with van der Waals surface area (Å²) >= 11 is 1.56. The van der Waals surface area contributed by atoms with Crippen LogP contribution in [0, 0.1) is 5.82 Å².